The van der Waals surface area contributed by atoms with Crippen molar-refractivity contribution in [2.24, 2.45) is 0 Å². The molecule has 2 heterocycles. The first-order valence-electron chi connectivity index (χ1n) is 4.86. The molecule has 0 fully saturated rings. The van der Waals surface area contributed by atoms with Gasteiger partial charge in [0.25, 0.3) is 0 Å². The molecule has 0 bridgehead atoms. The normalized spacial score (nSPS) is 10.8. The van der Waals surface area contributed by atoms with E-state index in [4.69, 9.17) is 5.73 Å². The van der Waals surface area contributed by atoms with Crippen LogP contribution in [0, 0.1) is 0 Å². The molecule has 78 valence electrons. The molecule has 5 heteroatoms. The fourth-order valence-electron chi connectivity index (χ4n) is 1.60. The minimum absolute atomic E-state index is 0.336. The lowest BCUT2D eigenvalue weighted by molar-refractivity contribution is 0.862. The van der Waals surface area contributed by atoms with E-state index in [1.165, 1.54) is 11.0 Å². The minimum atomic E-state index is 0.336. The zero-order valence-corrected chi connectivity index (χ0v) is 8.41. The van der Waals surface area contributed by atoms with Crippen LogP contribution in [-0.4, -0.2) is 19.7 Å². The first-order chi connectivity index (χ1) is 7.84. The third kappa shape index (κ3) is 1.30. The molecule has 3 rings (SSSR count). The number of fused-ring (bicyclic) bond motifs is 1. The Morgan fingerprint density at radius 3 is 2.75 bits per heavy atom. The number of para-hydroxylation sites is 1. The number of nitrogens with zero attached hydrogens (tertiary/aromatic N) is 4. The second-order valence-corrected chi connectivity index (χ2v) is 3.39. The number of anilines is 1. The molecule has 0 atom stereocenters. The maximum absolute atomic E-state index is 5.67. The molecular weight excluding hydrogens is 202 g/mol. The number of benzene rings is 1. The average molecular weight is 211 g/mol. The molecule has 3 aromatic rings. The van der Waals surface area contributed by atoms with Crippen molar-refractivity contribution in [3.63, 3.8) is 0 Å². The maximum Gasteiger partial charge on any atom is 0.224 e. The van der Waals surface area contributed by atoms with Gasteiger partial charge in [-0.1, -0.05) is 18.2 Å². The highest BCUT2D eigenvalue weighted by molar-refractivity contribution is 5.79. The summed E-state index contributed by atoms with van der Waals surface area (Å²) in [4.78, 5) is 8.32. The molecule has 0 aliphatic rings. The van der Waals surface area contributed by atoms with Crippen molar-refractivity contribution in [3.05, 3.63) is 42.7 Å². The standard InChI is InChI=1S/C11H9N5/c12-11-13-7-14-16(11)10-6-5-8-3-1-2-4-9(8)15-10/h1-7H,(H2,12,13,14). The number of rotatable bonds is 1. The lowest BCUT2D eigenvalue weighted by atomic mass is 10.2. The van der Waals surface area contributed by atoms with Crippen molar-refractivity contribution < 1.29 is 0 Å². The molecule has 16 heavy (non-hydrogen) atoms. The topological polar surface area (TPSA) is 69.6 Å². The Labute approximate surface area is 91.6 Å². The van der Waals surface area contributed by atoms with E-state index in [0.29, 0.717) is 11.8 Å². The van der Waals surface area contributed by atoms with Crippen molar-refractivity contribution in [1.29, 1.82) is 0 Å². The Bertz CT molecular complexity index is 643. The van der Waals surface area contributed by atoms with Crippen LogP contribution < -0.4 is 5.73 Å². The lowest BCUT2D eigenvalue weighted by Crippen LogP contribution is -2.04. The Kier molecular flexibility index (Phi) is 1.83. The molecule has 2 aromatic heterocycles. The smallest absolute Gasteiger partial charge is 0.224 e. The van der Waals surface area contributed by atoms with Crippen LogP contribution in [0.3, 0.4) is 0 Å². The van der Waals surface area contributed by atoms with E-state index in [1.54, 1.807) is 0 Å². The Morgan fingerprint density at radius 2 is 1.94 bits per heavy atom. The van der Waals surface area contributed by atoms with E-state index in [9.17, 15) is 0 Å². The second kappa shape index (κ2) is 3.30. The number of nitrogen functional groups attached to an aromatic ring is 1. The fourth-order valence-corrected chi connectivity index (χ4v) is 1.60. The highest BCUT2D eigenvalue weighted by atomic mass is 15.4. The molecule has 2 N–H and O–H groups in total. The summed E-state index contributed by atoms with van der Waals surface area (Å²) < 4.78 is 1.51. The molecule has 0 saturated carbocycles. The van der Waals surface area contributed by atoms with Crippen molar-refractivity contribution in [1.82, 2.24) is 19.7 Å². The minimum Gasteiger partial charge on any atom is -0.368 e. The highest BCUT2D eigenvalue weighted by Crippen LogP contribution is 2.14. The number of aromatic nitrogens is 4. The van der Waals surface area contributed by atoms with E-state index in [2.05, 4.69) is 15.1 Å². The quantitative estimate of drug-likeness (QED) is 0.660. The molecule has 5 nitrogen and oxygen atoms in total. The zero-order chi connectivity index (χ0) is 11.0. The van der Waals surface area contributed by atoms with E-state index in [-0.39, 0.29) is 0 Å². The molecular formula is C11H9N5. The van der Waals surface area contributed by atoms with Gasteiger partial charge >= 0.3 is 0 Å². The molecule has 0 aliphatic heterocycles. The third-order valence-electron chi connectivity index (χ3n) is 2.37. The van der Waals surface area contributed by atoms with E-state index >= 15 is 0 Å². The monoisotopic (exact) mass is 211 g/mol. The maximum atomic E-state index is 5.67. The van der Waals surface area contributed by atoms with Gasteiger partial charge in [0, 0.05) is 5.39 Å². The molecule has 0 aliphatic carbocycles. The van der Waals surface area contributed by atoms with Crippen molar-refractivity contribution in [3.8, 4) is 5.82 Å². The van der Waals surface area contributed by atoms with Crippen LogP contribution in [0.25, 0.3) is 16.7 Å². The van der Waals surface area contributed by atoms with Gasteiger partial charge in [0.2, 0.25) is 5.95 Å². The van der Waals surface area contributed by atoms with Gasteiger partial charge in [-0.2, -0.15) is 14.8 Å². The highest BCUT2D eigenvalue weighted by Gasteiger charge is 2.04. The number of pyridine rings is 1. The van der Waals surface area contributed by atoms with Crippen LogP contribution in [0.15, 0.2) is 42.7 Å². The van der Waals surface area contributed by atoms with Gasteiger partial charge < -0.3 is 5.73 Å². The first kappa shape index (κ1) is 8.84. The second-order valence-electron chi connectivity index (χ2n) is 3.39. The first-order valence-corrected chi connectivity index (χ1v) is 4.86. The molecule has 0 spiro atoms. The summed E-state index contributed by atoms with van der Waals surface area (Å²) in [5.41, 5.74) is 6.58. The number of hydrogen-bond donors (Lipinski definition) is 1. The van der Waals surface area contributed by atoms with Crippen LogP contribution in [0.4, 0.5) is 5.95 Å². The fraction of sp³-hybridized carbons (Fsp3) is 0. The third-order valence-corrected chi connectivity index (χ3v) is 2.37. The van der Waals surface area contributed by atoms with Crippen molar-refractivity contribution >= 4 is 16.9 Å². The molecule has 0 amide bonds. The number of hydrogen-bond acceptors (Lipinski definition) is 4. The summed E-state index contributed by atoms with van der Waals surface area (Å²) >= 11 is 0. The summed E-state index contributed by atoms with van der Waals surface area (Å²) in [5.74, 6) is 1.01. The summed E-state index contributed by atoms with van der Waals surface area (Å²) in [7, 11) is 0. The average Bonchev–Trinajstić information content (AvgIpc) is 2.75. The van der Waals surface area contributed by atoms with Gasteiger partial charge in [-0.05, 0) is 18.2 Å². The lowest BCUT2D eigenvalue weighted by Gasteiger charge is -2.03. The van der Waals surface area contributed by atoms with Crippen LogP contribution in [0.1, 0.15) is 0 Å². The van der Waals surface area contributed by atoms with E-state index in [0.717, 1.165) is 10.9 Å². The summed E-state index contributed by atoms with van der Waals surface area (Å²) in [6, 6.07) is 11.7. The molecule has 1 aromatic carbocycles. The molecule has 0 radical (unpaired) electrons. The van der Waals surface area contributed by atoms with Crippen molar-refractivity contribution in [2.45, 2.75) is 0 Å². The predicted octanol–water partition coefficient (Wildman–Crippen LogP) is 1.40. The summed E-state index contributed by atoms with van der Waals surface area (Å²) in [5, 5.41) is 5.10. The van der Waals surface area contributed by atoms with Gasteiger partial charge in [0.15, 0.2) is 5.82 Å². The zero-order valence-electron chi connectivity index (χ0n) is 8.41. The largest absolute Gasteiger partial charge is 0.368 e. The van der Waals surface area contributed by atoms with Gasteiger partial charge in [-0.3, -0.25) is 0 Å². The SMILES string of the molecule is Nc1ncnn1-c1ccc2ccccc2n1. The Hall–Kier alpha value is -2.43. The summed E-state index contributed by atoms with van der Waals surface area (Å²) in [6.07, 6.45) is 1.41. The Morgan fingerprint density at radius 1 is 1.06 bits per heavy atom. The van der Waals surface area contributed by atoms with Gasteiger partial charge in [-0.15, -0.1) is 0 Å². The molecule has 0 saturated heterocycles. The van der Waals surface area contributed by atoms with Crippen LogP contribution in [0.2, 0.25) is 0 Å². The van der Waals surface area contributed by atoms with Crippen LogP contribution in [-0.2, 0) is 0 Å². The molecule has 0 unspecified atom stereocenters. The van der Waals surface area contributed by atoms with E-state index < -0.39 is 0 Å². The van der Waals surface area contributed by atoms with Crippen LogP contribution >= 0.6 is 0 Å². The van der Waals surface area contributed by atoms with Crippen molar-refractivity contribution in [2.75, 3.05) is 5.73 Å². The number of nitrogens with two attached hydrogens (primary N) is 1. The van der Waals surface area contributed by atoms with Gasteiger partial charge in [0.1, 0.15) is 6.33 Å². The van der Waals surface area contributed by atoms with E-state index in [1.807, 2.05) is 36.4 Å². The van der Waals surface area contributed by atoms with Gasteiger partial charge in [0.05, 0.1) is 5.52 Å². The van der Waals surface area contributed by atoms with Gasteiger partial charge in [-0.25, -0.2) is 4.98 Å². The van der Waals surface area contributed by atoms with Crippen LogP contribution in [0.5, 0.6) is 0 Å². The predicted molar refractivity (Wildman–Crippen MR) is 61.1 cm³/mol. The Balaban J connectivity index is 2.23. The summed E-state index contributed by atoms with van der Waals surface area (Å²) in [6.45, 7) is 0.